The Balaban J connectivity index is 1.69. The van der Waals surface area contributed by atoms with Crippen molar-refractivity contribution in [3.05, 3.63) is 87.9 Å². The van der Waals surface area contributed by atoms with Crippen molar-refractivity contribution in [3.63, 3.8) is 0 Å². The number of benzene rings is 3. The van der Waals surface area contributed by atoms with E-state index in [-0.39, 0.29) is 0 Å². The minimum atomic E-state index is -0.519. The van der Waals surface area contributed by atoms with Crippen LogP contribution in [0.2, 0.25) is 0 Å². The Morgan fingerprint density at radius 3 is 2.52 bits per heavy atom. The summed E-state index contributed by atoms with van der Waals surface area (Å²) in [5.74, 6) is 0.641. The Bertz CT molecular complexity index is 1150. The van der Waals surface area contributed by atoms with Crippen molar-refractivity contribution in [2.45, 2.75) is 13.3 Å². The van der Waals surface area contributed by atoms with E-state index in [0.717, 1.165) is 10.9 Å². The van der Waals surface area contributed by atoms with Crippen molar-refractivity contribution in [1.82, 2.24) is 5.43 Å². The number of ether oxygens (including phenoxy) is 3. The molecule has 0 aromatic heterocycles. The van der Waals surface area contributed by atoms with Gasteiger partial charge in [-0.15, -0.1) is 0 Å². The van der Waals surface area contributed by atoms with Crippen molar-refractivity contribution >= 4 is 34.0 Å². The van der Waals surface area contributed by atoms with E-state index < -0.39 is 11.9 Å². The summed E-state index contributed by atoms with van der Waals surface area (Å²) in [5, 5.41) is 4.00. The minimum absolute atomic E-state index is 0.300. The van der Waals surface area contributed by atoms with Crippen LogP contribution in [0, 0.1) is 0 Å². The first kappa shape index (κ1) is 24.0. The standard InChI is InChI=1S/C25H23BrN2O5/c1-3-13-32-21-10-7-17(8-11-21)25(30)33-23-12-9-20(26)14-19(23)16-27-28-24(29)18-5-4-6-22(15-18)31-2/h4-12,14-16H,3,13H2,1-2H3,(H,28,29)/b27-16-. The Hall–Kier alpha value is -3.65. The minimum Gasteiger partial charge on any atom is -0.497 e. The van der Waals surface area contributed by atoms with Crippen LogP contribution in [0.15, 0.2) is 76.3 Å². The first-order valence-electron chi connectivity index (χ1n) is 10.2. The fourth-order valence-corrected chi connectivity index (χ4v) is 3.15. The van der Waals surface area contributed by atoms with E-state index in [1.165, 1.54) is 13.3 Å². The molecule has 0 aliphatic rings. The van der Waals surface area contributed by atoms with Gasteiger partial charge in [-0.3, -0.25) is 4.79 Å². The van der Waals surface area contributed by atoms with E-state index in [0.29, 0.717) is 40.5 Å². The molecule has 0 saturated carbocycles. The lowest BCUT2D eigenvalue weighted by molar-refractivity contribution is 0.0734. The summed E-state index contributed by atoms with van der Waals surface area (Å²) in [7, 11) is 1.53. The summed E-state index contributed by atoms with van der Waals surface area (Å²) in [6, 6.07) is 18.6. The molecule has 0 saturated heterocycles. The van der Waals surface area contributed by atoms with Gasteiger partial charge in [-0.25, -0.2) is 10.2 Å². The quantitative estimate of drug-likeness (QED) is 0.184. The highest BCUT2D eigenvalue weighted by molar-refractivity contribution is 9.10. The molecule has 0 aliphatic carbocycles. The van der Waals surface area contributed by atoms with Gasteiger partial charge in [0.25, 0.3) is 5.91 Å². The van der Waals surface area contributed by atoms with Gasteiger partial charge in [0.2, 0.25) is 0 Å². The second-order valence-electron chi connectivity index (χ2n) is 6.88. The number of hydrogen-bond acceptors (Lipinski definition) is 6. The molecule has 0 aliphatic heterocycles. The molecule has 170 valence electrons. The van der Waals surface area contributed by atoms with E-state index in [2.05, 4.69) is 26.5 Å². The maximum atomic E-state index is 12.6. The Kier molecular flexibility index (Phi) is 8.60. The van der Waals surface area contributed by atoms with E-state index in [1.54, 1.807) is 66.7 Å². The molecule has 0 fully saturated rings. The van der Waals surface area contributed by atoms with Crippen molar-refractivity contribution in [2.24, 2.45) is 5.10 Å². The number of hydrogen-bond donors (Lipinski definition) is 1. The predicted molar refractivity (Wildman–Crippen MR) is 129 cm³/mol. The molecule has 3 aromatic rings. The lowest BCUT2D eigenvalue weighted by Gasteiger charge is -2.09. The fourth-order valence-electron chi connectivity index (χ4n) is 2.77. The van der Waals surface area contributed by atoms with Gasteiger partial charge in [-0.2, -0.15) is 5.10 Å². The molecule has 3 rings (SSSR count). The second kappa shape index (κ2) is 11.8. The fraction of sp³-hybridized carbons (Fsp3) is 0.160. The van der Waals surface area contributed by atoms with Crippen molar-refractivity contribution < 1.29 is 23.8 Å². The number of rotatable bonds is 9. The van der Waals surface area contributed by atoms with Crippen LogP contribution in [0.4, 0.5) is 0 Å². The SMILES string of the molecule is CCCOc1ccc(C(=O)Oc2ccc(Br)cc2/C=N\NC(=O)c2cccc(OC)c2)cc1. The number of carbonyl (C=O) groups excluding carboxylic acids is 2. The molecule has 33 heavy (non-hydrogen) atoms. The molecule has 3 aromatic carbocycles. The van der Waals surface area contributed by atoms with Crippen LogP contribution in [0.3, 0.4) is 0 Å². The van der Waals surface area contributed by atoms with E-state index in [9.17, 15) is 9.59 Å². The number of halogens is 1. The van der Waals surface area contributed by atoms with Crippen LogP contribution in [0.25, 0.3) is 0 Å². The Morgan fingerprint density at radius 1 is 1.00 bits per heavy atom. The van der Waals surface area contributed by atoms with Crippen LogP contribution in [0.5, 0.6) is 17.2 Å². The zero-order valence-corrected chi connectivity index (χ0v) is 19.8. The number of methoxy groups -OCH3 is 1. The molecule has 1 amide bonds. The number of nitrogens with one attached hydrogen (secondary N) is 1. The molecule has 7 nitrogen and oxygen atoms in total. The molecule has 8 heteroatoms. The monoisotopic (exact) mass is 510 g/mol. The van der Waals surface area contributed by atoms with Gasteiger partial charge in [-0.05, 0) is 67.1 Å². The first-order valence-corrected chi connectivity index (χ1v) is 11.0. The van der Waals surface area contributed by atoms with Crippen molar-refractivity contribution in [1.29, 1.82) is 0 Å². The van der Waals surface area contributed by atoms with Crippen molar-refractivity contribution in [3.8, 4) is 17.2 Å². The predicted octanol–water partition coefficient (Wildman–Crippen LogP) is 5.23. The zero-order chi connectivity index (χ0) is 23.6. The topological polar surface area (TPSA) is 86.2 Å². The summed E-state index contributed by atoms with van der Waals surface area (Å²) in [6.45, 7) is 2.63. The lowest BCUT2D eigenvalue weighted by atomic mass is 10.2. The molecule has 0 spiro atoms. The average molecular weight is 511 g/mol. The number of hydrazone groups is 1. The first-order chi connectivity index (χ1) is 16.0. The number of amides is 1. The molecular formula is C25H23BrN2O5. The normalized spacial score (nSPS) is 10.6. The molecule has 0 atom stereocenters. The largest absolute Gasteiger partial charge is 0.497 e. The van der Waals surface area contributed by atoms with E-state index >= 15 is 0 Å². The summed E-state index contributed by atoms with van der Waals surface area (Å²) >= 11 is 3.39. The molecule has 1 N–H and O–H groups in total. The second-order valence-corrected chi connectivity index (χ2v) is 7.79. The smallest absolute Gasteiger partial charge is 0.343 e. The van der Waals surface area contributed by atoms with Gasteiger partial charge in [-0.1, -0.05) is 28.9 Å². The molecular weight excluding hydrogens is 488 g/mol. The zero-order valence-electron chi connectivity index (χ0n) is 18.2. The molecule has 0 unspecified atom stereocenters. The number of carbonyl (C=O) groups is 2. The molecule has 0 heterocycles. The van der Waals surface area contributed by atoms with Gasteiger partial charge in [0.05, 0.1) is 25.5 Å². The highest BCUT2D eigenvalue weighted by Gasteiger charge is 2.12. The van der Waals surface area contributed by atoms with Gasteiger partial charge in [0.1, 0.15) is 17.2 Å². The lowest BCUT2D eigenvalue weighted by Crippen LogP contribution is -2.17. The van der Waals surface area contributed by atoms with Crippen LogP contribution in [-0.4, -0.2) is 31.8 Å². The Labute approximate surface area is 200 Å². The van der Waals surface area contributed by atoms with Gasteiger partial charge in [0, 0.05) is 15.6 Å². The maximum Gasteiger partial charge on any atom is 0.343 e. The third-order valence-corrected chi connectivity index (χ3v) is 4.93. The van der Waals surface area contributed by atoms with E-state index in [1.807, 2.05) is 6.92 Å². The summed E-state index contributed by atoms with van der Waals surface area (Å²) in [5.41, 5.74) is 3.75. The highest BCUT2D eigenvalue weighted by Crippen LogP contribution is 2.23. The molecule has 0 radical (unpaired) electrons. The average Bonchev–Trinajstić information content (AvgIpc) is 2.84. The van der Waals surface area contributed by atoms with Crippen LogP contribution < -0.4 is 19.6 Å². The van der Waals surface area contributed by atoms with Crippen LogP contribution >= 0.6 is 15.9 Å². The Morgan fingerprint density at radius 2 is 1.79 bits per heavy atom. The third-order valence-electron chi connectivity index (χ3n) is 4.44. The highest BCUT2D eigenvalue weighted by atomic mass is 79.9. The van der Waals surface area contributed by atoms with Crippen LogP contribution in [0.1, 0.15) is 39.6 Å². The maximum absolute atomic E-state index is 12.6. The number of nitrogens with zero attached hydrogens (tertiary/aromatic N) is 1. The van der Waals surface area contributed by atoms with Crippen molar-refractivity contribution in [2.75, 3.05) is 13.7 Å². The van der Waals surface area contributed by atoms with E-state index in [4.69, 9.17) is 14.2 Å². The number of esters is 1. The summed E-state index contributed by atoms with van der Waals surface area (Å²) in [4.78, 5) is 24.9. The van der Waals surface area contributed by atoms with Gasteiger partial charge >= 0.3 is 5.97 Å². The van der Waals surface area contributed by atoms with Gasteiger partial charge in [0.15, 0.2) is 0 Å². The van der Waals surface area contributed by atoms with Gasteiger partial charge < -0.3 is 14.2 Å². The third kappa shape index (κ3) is 6.92. The van der Waals surface area contributed by atoms with Crippen LogP contribution in [-0.2, 0) is 0 Å². The summed E-state index contributed by atoms with van der Waals surface area (Å²) in [6.07, 6.45) is 2.31. The summed E-state index contributed by atoms with van der Waals surface area (Å²) < 4.78 is 17.0. The molecule has 0 bridgehead atoms.